The molecule has 0 aromatic heterocycles. The van der Waals surface area contributed by atoms with Gasteiger partial charge in [-0.15, -0.1) is 0 Å². The summed E-state index contributed by atoms with van der Waals surface area (Å²) >= 11 is 14.6. The van der Waals surface area contributed by atoms with Gasteiger partial charge >= 0.3 is 24.4 Å². The molecule has 198 valence electrons. The van der Waals surface area contributed by atoms with E-state index >= 15 is 0 Å². The van der Waals surface area contributed by atoms with Crippen LogP contribution in [0.1, 0.15) is 142 Å². The first-order valence-electron chi connectivity index (χ1n) is 14.1. The van der Waals surface area contributed by atoms with Gasteiger partial charge in [0.05, 0.1) is 0 Å². The molecule has 0 N–H and O–H groups in total. The van der Waals surface area contributed by atoms with Gasteiger partial charge in [-0.05, 0) is 0 Å². The van der Waals surface area contributed by atoms with Crippen LogP contribution in [0.2, 0.25) is 0 Å². The Labute approximate surface area is 249 Å². The van der Waals surface area contributed by atoms with Crippen LogP contribution in [0.3, 0.4) is 0 Å². The predicted molar refractivity (Wildman–Crippen MR) is 166 cm³/mol. The van der Waals surface area contributed by atoms with Crippen molar-refractivity contribution in [1.29, 1.82) is 0 Å². The molecule has 0 spiro atoms. The quantitative estimate of drug-likeness (QED) is 0.0797. The van der Waals surface area contributed by atoms with Crippen LogP contribution < -0.4 is 0 Å². The third-order valence-corrected chi connectivity index (χ3v) is 6.59. The molecule has 2 radical (unpaired) electrons. The molecule has 0 aliphatic carbocycles. The molecule has 0 unspecified atom stereocenters. The molecule has 0 fully saturated rings. The fraction of sp³-hybridized carbons (Fsp3) is 0.800. The molecule has 1 rings (SSSR count). The maximum atomic E-state index is 4.90. The summed E-state index contributed by atoms with van der Waals surface area (Å²) in [6.45, 7) is 4.55. The second-order valence-corrected chi connectivity index (χ2v) is 10.4. The zero-order valence-electron chi connectivity index (χ0n) is 22.6. The Kier molecular flexibility index (Phi) is 44.7. The predicted octanol–water partition coefficient (Wildman–Crippen LogP) is 10.1. The molecular formula is C30H55S3Sb. The topological polar surface area (TPSA) is 0 Å². The van der Waals surface area contributed by atoms with E-state index in [1.165, 1.54) is 128 Å². The van der Waals surface area contributed by atoms with Crippen LogP contribution in [0, 0.1) is 0 Å². The first-order chi connectivity index (χ1) is 16.2. The van der Waals surface area contributed by atoms with E-state index in [1.54, 1.807) is 0 Å². The van der Waals surface area contributed by atoms with Crippen molar-refractivity contribution in [3.8, 4) is 0 Å². The van der Waals surface area contributed by atoms with Crippen LogP contribution in [0.25, 0.3) is 0 Å². The average molecular weight is 634 g/mol. The standard InChI is InChI=1S/2C12H26S.C6H6S.Sb/c2*1-2-3-4-5-6-7-8-9-10-11-12-13;7-6-4-2-1-3-5-6;/h2*13H,2-12H2,1H3;1-5,7H;/q;;;+3/p-3. The van der Waals surface area contributed by atoms with Crippen LogP contribution in [0.15, 0.2) is 35.2 Å². The Bertz CT molecular complexity index is 386. The number of rotatable bonds is 20. The van der Waals surface area contributed by atoms with Crippen LogP contribution in [0.5, 0.6) is 0 Å². The average Bonchev–Trinajstić information content (AvgIpc) is 2.83. The van der Waals surface area contributed by atoms with Crippen molar-refractivity contribution in [1.82, 2.24) is 0 Å². The van der Waals surface area contributed by atoms with Gasteiger partial charge in [0.15, 0.2) is 0 Å². The number of hydrogen-bond acceptors (Lipinski definition) is 3. The molecular weight excluding hydrogens is 578 g/mol. The zero-order chi connectivity index (χ0) is 24.7. The maximum absolute atomic E-state index is 4.90. The first kappa shape index (κ1) is 39.5. The molecule has 0 atom stereocenters. The normalized spacial score (nSPS) is 9.88. The molecule has 0 aliphatic heterocycles. The Morgan fingerprint density at radius 1 is 0.441 bits per heavy atom. The van der Waals surface area contributed by atoms with Gasteiger partial charge in [0.1, 0.15) is 0 Å². The van der Waals surface area contributed by atoms with Crippen LogP contribution in [0.4, 0.5) is 0 Å². The van der Waals surface area contributed by atoms with E-state index in [-0.39, 0.29) is 24.4 Å². The van der Waals surface area contributed by atoms with E-state index in [2.05, 4.69) is 13.8 Å². The number of unbranched alkanes of at least 4 members (excludes halogenated alkanes) is 18. The van der Waals surface area contributed by atoms with Gasteiger partial charge in [0.25, 0.3) is 0 Å². The summed E-state index contributed by atoms with van der Waals surface area (Å²) in [5.41, 5.74) is 0. The third kappa shape index (κ3) is 40.1. The molecule has 0 saturated carbocycles. The summed E-state index contributed by atoms with van der Waals surface area (Å²) in [7, 11) is 0. The summed E-state index contributed by atoms with van der Waals surface area (Å²) in [6.07, 6.45) is 28.1. The van der Waals surface area contributed by atoms with Crippen molar-refractivity contribution in [2.45, 2.75) is 147 Å². The molecule has 0 aliphatic rings. The molecule has 0 bridgehead atoms. The Hall–Kier alpha value is 0.958. The third-order valence-electron chi connectivity index (χ3n) is 5.74. The number of hydrogen-bond donors (Lipinski definition) is 0. The molecule has 0 amide bonds. The second kappa shape index (κ2) is 38.5. The van der Waals surface area contributed by atoms with Crippen LogP contribution >= 0.6 is 0 Å². The van der Waals surface area contributed by atoms with E-state index in [0.717, 1.165) is 16.4 Å². The first-order valence-corrected chi connectivity index (χ1v) is 15.7. The van der Waals surface area contributed by atoms with Gasteiger partial charge in [0, 0.05) is 0 Å². The monoisotopic (exact) mass is 632 g/mol. The van der Waals surface area contributed by atoms with Gasteiger partial charge < -0.3 is 37.9 Å². The molecule has 1 aromatic rings. The van der Waals surface area contributed by atoms with Crippen molar-refractivity contribution >= 4 is 62.3 Å². The van der Waals surface area contributed by atoms with Crippen molar-refractivity contribution in [3.05, 3.63) is 30.3 Å². The van der Waals surface area contributed by atoms with Crippen molar-refractivity contribution in [3.63, 3.8) is 0 Å². The molecule has 0 nitrogen and oxygen atoms in total. The Morgan fingerprint density at radius 2 is 0.706 bits per heavy atom. The fourth-order valence-electron chi connectivity index (χ4n) is 3.60. The van der Waals surface area contributed by atoms with Crippen LogP contribution in [-0.2, 0) is 37.9 Å². The SMILES string of the molecule is CCCCCCCCCCCC[S-].CCCCCCCCCCCC[S-].[S-]c1ccccc1.[Sb+3]. The van der Waals surface area contributed by atoms with Gasteiger partial charge in [-0.2, -0.15) is 16.4 Å². The van der Waals surface area contributed by atoms with E-state index in [0.29, 0.717) is 0 Å². The van der Waals surface area contributed by atoms with Crippen LogP contribution in [-0.4, -0.2) is 35.9 Å². The summed E-state index contributed by atoms with van der Waals surface area (Å²) in [5, 5.41) is 0. The number of benzene rings is 1. The molecule has 0 saturated heterocycles. The summed E-state index contributed by atoms with van der Waals surface area (Å²) in [6, 6.07) is 9.62. The minimum absolute atomic E-state index is 0. The molecule has 1 aromatic carbocycles. The molecule has 4 heteroatoms. The van der Waals surface area contributed by atoms with E-state index in [1.807, 2.05) is 30.3 Å². The summed E-state index contributed by atoms with van der Waals surface area (Å²) < 4.78 is 0. The van der Waals surface area contributed by atoms with Gasteiger partial charge in [-0.1, -0.05) is 173 Å². The zero-order valence-corrected chi connectivity index (χ0v) is 27.6. The minimum Gasteiger partial charge on any atom is -0.793 e. The smallest absolute Gasteiger partial charge is 0.793 e. The summed E-state index contributed by atoms with van der Waals surface area (Å²) in [5.74, 6) is 1.91. The van der Waals surface area contributed by atoms with E-state index < -0.39 is 0 Å². The molecule has 0 heterocycles. The fourth-order valence-corrected chi connectivity index (χ4v) is 4.16. The van der Waals surface area contributed by atoms with Gasteiger partial charge in [-0.25, -0.2) is 0 Å². The van der Waals surface area contributed by atoms with Crippen molar-refractivity contribution < 1.29 is 0 Å². The Morgan fingerprint density at radius 3 is 0.912 bits per heavy atom. The Balaban J connectivity index is -0.000000435. The largest absolute Gasteiger partial charge is 3.00 e. The van der Waals surface area contributed by atoms with Gasteiger partial charge in [-0.3, -0.25) is 0 Å². The maximum Gasteiger partial charge on any atom is 3.00 e. The van der Waals surface area contributed by atoms with E-state index in [9.17, 15) is 0 Å². The summed E-state index contributed by atoms with van der Waals surface area (Å²) in [4.78, 5) is 0.905. The molecule has 34 heavy (non-hydrogen) atoms. The minimum atomic E-state index is 0. The van der Waals surface area contributed by atoms with Crippen molar-refractivity contribution in [2.24, 2.45) is 0 Å². The van der Waals surface area contributed by atoms with Gasteiger partial charge in [0.2, 0.25) is 0 Å². The second-order valence-electron chi connectivity index (χ2n) is 9.09. The van der Waals surface area contributed by atoms with E-state index in [4.69, 9.17) is 37.9 Å². The van der Waals surface area contributed by atoms with Crippen molar-refractivity contribution in [2.75, 3.05) is 11.5 Å².